The molecule has 0 radical (unpaired) electrons. The third kappa shape index (κ3) is 8.16. The van der Waals surface area contributed by atoms with Crippen LogP contribution < -0.4 is 15.1 Å². The number of nitriles is 1. The fourth-order valence-electron chi connectivity index (χ4n) is 4.91. The van der Waals surface area contributed by atoms with E-state index < -0.39 is 48.4 Å². The first-order chi connectivity index (χ1) is 20.6. The average molecular weight is 596 g/mol. The van der Waals surface area contributed by atoms with Crippen LogP contribution in [0.1, 0.15) is 43.2 Å². The molecule has 43 heavy (non-hydrogen) atoms. The molecule has 2 aliphatic rings. The predicted octanol–water partition coefficient (Wildman–Crippen LogP) is 4.92. The van der Waals surface area contributed by atoms with Crippen molar-refractivity contribution in [3.63, 3.8) is 0 Å². The van der Waals surface area contributed by atoms with Crippen molar-refractivity contribution < 1.29 is 31.9 Å². The highest BCUT2D eigenvalue weighted by molar-refractivity contribution is 5.94. The van der Waals surface area contributed by atoms with Gasteiger partial charge < -0.3 is 5.32 Å². The summed E-state index contributed by atoms with van der Waals surface area (Å²) in [4.78, 5) is 42.4. The first-order valence-electron chi connectivity index (χ1n) is 13.7. The number of pyridine rings is 1. The summed E-state index contributed by atoms with van der Waals surface area (Å²) in [5.74, 6) is -4.46. The number of amides is 3. The maximum Gasteiger partial charge on any atom is 0.252 e. The number of hydrogen-bond acceptors (Lipinski definition) is 5. The highest BCUT2D eigenvalue weighted by Crippen LogP contribution is 2.37. The zero-order chi connectivity index (χ0) is 31.0. The number of rotatable bonds is 9. The van der Waals surface area contributed by atoms with E-state index in [1.165, 1.54) is 0 Å². The molecule has 3 amide bonds. The van der Waals surface area contributed by atoms with Gasteiger partial charge in [0.2, 0.25) is 18.2 Å². The molecule has 1 saturated carbocycles. The number of benzene rings is 2. The zero-order valence-electron chi connectivity index (χ0n) is 23.1. The van der Waals surface area contributed by atoms with Crippen LogP contribution in [-0.4, -0.2) is 47.8 Å². The molecule has 224 valence electrons. The van der Waals surface area contributed by atoms with E-state index in [0.717, 1.165) is 35.1 Å². The van der Waals surface area contributed by atoms with Crippen LogP contribution in [-0.2, 0) is 20.8 Å². The van der Waals surface area contributed by atoms with Gasteiger partial charge in [0.1, 0.15) is 23.5 Å². The van der Waals surface area contributed by atoms with Crippen LogP contribution in [0.2, 0.25) is 0 Å². The third-order valence-corrected chi connectivity index (χ3v) is 7.15. The number of carbonyl (C=O) groups is 3. The lowest BCUT2D eigenvalue weighted by atomic mass is 9.88. The van der Waals surface area contributed by atoms with Gasteiger partial charge in [-0.15, -0.1) is 0 Å². The number of hydrogen-bond donors (Lipinski definition) is 1. The minimum atomic E-state index is -2.82. The normalized spacial score (nSPS) is 16.3. The molecule has 2 aromatic carbocycles. The highest BCUT2D eigenvalue weighted by Gasteiger charge is 2.46. The summed E-state index contributed by atoms with van der Waals surface area (Å²) in [5.41, 5.74) is 1.04. The Kier molecular flexibility index (Phi) is 10.1. The van der Waals surface area contributed by atoms with Crippen LogP contribution in [0, 0.1) is 23.0 Å². The van der Waals surface area contributed by atoms with Crippen LogP contribution in [0.4, 0.5) is 29.1 Å². The molecule has 2 heterocycles. The molecular formula is C31H29F4N5O3. The second-order valence-electron chi connectivity index (χ2n) is 10.3. The Balaban J connectivity index is 0.000000251. The minimum absolute atomic E-state index is 0.0904. The van der Waals surface area contributed by atoms with Crippen LogP contribution in [0.3, 0.4) is 0 Å². The Bertz CT molecular complexity index is 1490. The molecule has 5 rings (SSSR count). The predicted molar refractivity (Wildman–Crippen MR) is 150 cm³/mol. The number of halogens is 4. The van der Waals surface area contributed by atoms with Gasteiger partial charge in [-0.2, -0.15) is 5.26 Å². The summed E-state index contributed by atoms with van der Waals surface area (Å²) in [6.07, 6.45) is 2.77. The van der Waals surface area contributed by atoms with E-state index in [9.17, 15) is 31.9 Å². The summed E-state index contributed by atoms with van der Waals surface area (Å²) in [5, 5.41) is 11.2. The number of carbonyl (C=O) groups excluding carboxylic acids is 3. The average Bonchev–Trinajstić information content (AvgIpc) is 3.42. The molecule has 1 aliphatic carbocycles. The topological polar surface area (TPSA) is 106 Å². The molecule has 2 fully saturated rings. The monoisotopic (exact) mass is 595 g/mol. The highest BCUT2D eigenvalue weighted by atomic mass is 19.3. The molecule has 1 atom stereocenters. The third-order valence-electron chi connectivity index (χ3n) is 7.15. The first kappa shape index (κ1) is 31.2. The maximum absolute atomic E-state index is 14.2. The van der Waals surface area contributed by atoms with Crippen molar-refractivity contribution >= 4 is 29.7 Å². The van der Waals surface area contributed by atoms with Gasteiger partial charge in [-0.25, -0.2) is 22.5 Å². The van der Waals surface area contributed by atoms with E-state index in [-0.39, 0.29) is 24.4 Å². The zero-order valence-corrected chi connectivity index (χ0v) is 23.1. The van der Waals surface area contributed by atoms with Gasteiger partial charge in [0.25, 0.3) is 5.92 Å². The van der Waals surface area contributed by atoms with Gasteiger partial charge in [0, 0.05) is 44.1 Å². The van der Waals surface area contributed by atoms with Crippen molar-refractivity contribution in [2.45, 2.75) is 56.5 Å². The van der Waals surface area contributed by atoms with Gasteiger partial charge in [-0.1, -0.05) is 30.3 Å². The fraction of sp³-hybridized carbons (Fsp3) is 0.323. The smallest absolute Gasteiger partial charge is 0.252 e. The summed E-state index contributed by atoms with van der Waals surface area (Å²) in [7, 11) is 0. The lowest BCUT2D eigenvalue weighted by molar-refractivity contribution is -0.131. The Labute approximate surface area is 245 Å². The quantitative estimate of drug-likeness (QED) is 0.279. The van der Waals surface area contributed by atoms with Crippen molar-refractivity contribution in [3.05, 3.63) is 89.6 Å². The molecule has 0 bridgehead atoms. The minimum Gasteiger partial charge on any atom is -0.351 e. The van der Waals surface area contributed by atoms with E-state index in [1.807, 2.05) is 36.4 Å². The Morgan fingerprint density at radius 2 is 1.91 bits per heavy atom. The fourth-order valence-corrected chi connectivity index (χ4v) is 4.91. The van der Waals surface area contributed by atoms with Crippen molar-refractivity contribution in [2.24, 2.45) is 0 Å². The first-order valence-corrected chi connectivity index (χ1v) is 13.7. The van der Waals surface area contributed by atoms with Crippen molar-refractivity contribution in [1.82, 2.24) is 10.3 Å². The number of nitrogens with one attached hydrogen (secondary N) is 1. The van der Waals surface area contributed by atoms with Crippen LogP contribution in [0.15, 0.2) is 66.9 Å². The van der Waals surface area contributed by atoms with Crippen LogP contribution >= 0.6 is 0 Å². The lowest BCUT2D eigenvalue weighted by Crippen LogP contribution is -2.56. The molecule has 1 aliphatic heterocycles. The lowest BCUT2D eigenvalue weighted by Gasteiger charge is -2.37. The standard InChI is InChI=1S/C21H20F4N2O2.C10H9N3O/c22-15-7-8-17(23)19(10-15)27(13-28)18(9-6-14-4-2-1-3-5-14)20(29)26-16-11-21(24,25)12-16;11-7-8-3-4-12-9(6-8)13-5-1-2-10(13)14/h1-5,7-8,10,13,16,18H,6,9,11-12H2,(H,26,29);3-4,6H,1-2,5H2. The largest absolute Gasteiger partial charge is 0.351 e. The van der Waals surface area contributed by atoms with E-state index in [1.54, 1.807) is 23.2 Å². The molecule has 0 spiro atoms. The Morgan fingerprint density at radius 3 is 2.53 bits per heavy atom. The molecule has 1 aromatic heterocycles. The van der Waals surface area contributed by atoms with Gasteiger partial charge in [-0.05, 0) is 49.1 Å². The van der Waals surface area contributed by atoms with E-state index in [4.69, 9.17) is 5.26 Å². The molecule has 1 unspecified atom stereocenters. The maximum atomic E-state index is 14.2. The summed E-state index contributed by atoms with van der Waals surface area (Å²) in [6.45, 7) is 0.709. The second kappa shape index (κ2) is 13.9. The Morgan fingerprint density at radius 1 is 1.16 bits per heavy atom. The summed E-state index contributed by atoms with van der Waals surface area (Å²) < 4.78 is 54.0. The Hall–Kier alpha value is -4.79. The second-order valence-corrected chi connectivity index (χ2v) is 10.3. The van der Waals surface area contributed by atoms with Crippen molar-refractivity contribution in [3.8, 4) is 6.07 Å². The van der Waals surface area contributed by atoms with E-state index in [0.29, 0.717) is 30.8 Å². The number of anilines is 2. The molecule has 1 N–H and O–H groups in total. The van der Waals surface area contributed by atoms with E-state index in [2.05, 4.69) is 10.3 Å². The molecule has 12 heteroatoms. The number of aromatic nitrogens is 1. The van der Waals surface area contributed by atoms with Gasteiger partial charge in [0.15, 0.2) is 0 Å². The van der Waals surface area contributed by atoms with Gasteiger partial charge in [-0.3, -0.25) is 24.2 Å². The van der Waals surface area contributed by atoms with Crippen LogP contribution in [0.5, 0.6) is 0 Å². The molecule has 8 nitrogen and oxygen atoms in total. The van der Waals surface area contributed by atoms with Crippen LogP contribution in [0.25, 0.3) is 0 Å². The van der Waals surface area contributed by atoms with Crippen molar-refractivity contribution in [2.75, 3.05) is 16.3 Å². The van der Waals surface area contributed by atoms with Gasteiger partial charge in [0.05, 0.1) is 17.3 Å². The summed E-state index contributed by atoms with van der Waals surface area (Å²) >= 11 is 0. The molecule has 1 saturated heterocycles. The SMILES string of the molecule is N#Cc1ccnc(N2CCCC2=O)c1.O=CN(c1cc(F)ccc1F)C(CCc1ccccc1)C(=O)NC1CC(F)(F)C1. The van der Waals surface area contributed by atoms with Gasteiger partial charge >= 0.3 is 0 Å². The van der Waals surface area contributed by atoms with Crippen molar-refractivity contribution in [1.29, 1.82) is 5.26 Å². The molecule has 3 aromatic rings. The number of aryl methyl sites for hydroxylation is 1. The number of alkyl halides is 2. The number of nitrogens with zero attached hydrogens (tertiary/aromatic N) is 4. The van der Waals surface area contributed by atoms with E-state index >= 15 is 0 Å². The molecular weight excluding hydrogens is 566 g/mol. The summed E-state index contributed by atoms with van der Waals surface area (Å²) in [6, 6.07) is 15.1.